The first kappa shape index (κ1) is 20.0. The molecule has 0 rings (SSSR count). The minimum absolute atomic E-state index is 0.325. The Morgan fingerprint density at radius 3 is 1.77 bits per heavy atom. The van der Waals surface area contributed by atoms with Crippen LogP contribution in [-0.2, 0) is 22.8 Å². The van der Waals surface area contributed by atoms with E-state index < -0.39 is 14.8 Å². The first-order valence-electron chi connectivity index (χ1n) is 6.97. The molecule has 0 N–H and O–H groups in total. The van der Waals surface area contributed by atoms with E-state index in [9.17, 15) is 4.79 Å². The molecule has 124 valence electrons. The number of allylic oxidation sites excluding steroid dienone is 3. The maximum absolute atomic E-state index is 11.2. The highest BCUT2D eigenvalue weighted by atomic mass is 28.4. The third-order valence-electron chi connectivity index (χ3n) is 2.33. The number of rotatable bonds is 11. The van der Waals surface area contributed by atoms with Crippen LogP contribution in [0.3, 0.4) is 0 Å². The van der Waals surface area contributed by atoms with E-state index in [-0.39, 0.29) is 6.10 Å². The summed E-state index contributed by atoms with van der Waals surface area (Å²) in [5, 5.41) is 0. The van der Waals surface area contributed by atoms with Gasteiger partial charge in [-0.05, 0) is 34.1 Å². The fraction of sp³-hybridized carbons (Fsp3) is 0.438. The second kappa shape index (κ2) is 9.14. The average molecular weight is 326 g/mol. The van der Waals surface area contributed by atoms with Crippen molar-refractivity contribution in [2.75, 3.05) is 0 Å². The van der Waals surface area contributed by atoms with Gasteiger partial charge in [0.15, 0.2) is 0 Å². The topological polar surface area (TPSA) is 54.0 Å². The molecule has 0 amide bonds. The van der Waals surface area contributed by atoms with E-state index in [2.05, 4.69) is 26.3 Å². The third-order valence-corrected chi connectivity index (χ3v) is 5.21. The van der Waals surface area contributed by atoms with Crippen LogP contribution in [0.15, 0.2) is 49.7 Å². The Kier molecular flexibility index (Phi) is 8.33. The van der Waals surface area contributed by atoms with E-state index in [1.54, 1.807) is 27.7 Å². The lowest BCUT2D eigenvalue weighted by Crippen LogP contribution is -2.45. The summed E-state index contributed by atoms with van der Waals surface area (Å²) in [6.45, 7) is 21.5. The highest BCUT2D eigenvalue weighted by Gasteiger charge is 2.48. The number of ether oxygens (including phenoxy) is 1. The fourth-order valence-corrected chi connectivity index (χ4v) is 4.48. The number of carbonyl (C=O) groups is 1. The quantitative estimate of drug-likeness (QED) is 0.248. The minimum atomic E-state index is -3.12. The Balaban J connectivity index is 5.05. The summed E-state index contributed by atoms with van der Waals surface area (Å²) in [7, 11) is -3.12. The molecule has 6 heteroatoms. The van der Waals surface area contributed by atoms with Crippen LogP contribution in [-0.4, -0.2) is 20.9 Å². The Labute approximate surface area is 134 Å². The van der Waals surface area contributed by atoms with Crippen molar-refractivity contribution in [3.63, 3.8) is 0 Å². The molecule has 0 radical (unpaired) electrons. The van der Waals surface area contributed by atoms with Crippen molar-refractivity contribution in [3.8, 4) is 0 Å². The van der Waals surface area contributed by atoms with Crippen LogP contribution in [0.5, 0.6) is 0 Å². The van der Waals surface area contributed by atoms with Crippen LogP contribution < -0.4 is 0 Å². The van der Waals surface area contributed by atoms with E-state index in [1.807, 2.05) is 0 Å². The lowest BCUT2D eigenvalue weighted by atomic mass is 10.3. The van der Waals surface area contributed by atoms with Crippen LogP contribution in [0, 0.1) is 0 Å². The summed E-state index contributed by atoms with van der Waals surface area (Å²) in [5.41, 5.74) is 0. The maximum Gasteiger partial charge on any atom is 0.698 e. The van der Waals surface area contributed by atoms with Crippen molar-refractivity contribution in [2.45, 2.75) is 46.3 Å². The molecule has 0 saturated heterocycles. The normalized spacial score (nSPS) is 11.8. The van der Waals surface area contributed by atoms with Gasteiger partial charge in [0.1, 0.15) is 0 Å². The maximum atomic E-state index is 11.2. The first-order valence-corrected chi connectivity index (χ1v) is 8.90. The van der Waals surface area contributed by atoms with Crippen LogP contribution in [0.2, 0.25) is 6.04 Å². The zero-order valence-corrected chi connectivity index (χ0v) is 14.9. The molecule has 1 unspecified atom stereocenters. The van der Waals surface area contributed by atoms with Crippen LogP contribution in [0.25, 0.3) is 0 Å². The van der Waals surface area contributed by atoms with E-state index in [0.29, 0.717) is 29.7 Å². The molecule has 0 aromatic rings. The van der Waals surface area contributed by atoms with Gasteiger partial charge in [0, 0.05) is 6.08 Å². The van der Waals surface area contributed by atoms with Crippen molar-refractivity contribution in [1.82, 2.24) is 0 Å². The minimum Gasteiger partial charge on any atom is -0.488 e. The summed E-state index contributed by atoms with van der Waals surface area (Å²) in [6.07, 6.45) is 1.30. The lowest BCUT2D eigenvalue weighted by Gasteiger charge is -2.31. The summed E-state index contributed by atoms with van der Waals surface area (Å²) in [4.78, 5) is 11.2. The summed E-state index contributed by atoms with van der Waals surface area (Å²) >= 11 is 0. The van der Waals surface area contributed by atoms with Crippen molar-refractivity contribution >= 4 is 14.8 Å². The van der Waals surface area contributed by atoms with Crippen molar-refractivity contribution < 1.29 is 22.8 Å². The smallest absolute Gasteiger partial charge is 0.488 e. The highest BCUT2D eigenvalue weighted by molar-refractivity contribution is 6.61. The van der Waals surface area contributed by atoms with Crippen LogP contribution in [0.1, 0.15) is 34.1 Å². The molecule has 0 bridgehead atoms. The van der Waals surface area contributed by atoms with Gasteiger partial charge >= 0.3 is 14.8 Å². The van der Waals surface area contributed by atoms with Gasteiger partial charge in [-0.1, -0.05) is 26.3 Å². The molecule has 0 saturated carbocycles. The molecule has 5 nitrogen and oxygen atoms in total. The molecule has 0 aromatic carbocycles. The molecule has 0 spiro atoms. The SMILES string of the molecule is C=CC(=O)OC(C)CC[Si](OC(=C)C)(OC(=C)C)OC(=C)C. The predicted octanol–water partition coefficient (Wildman–Crippen LogP) is 4.08. The second-order valence-electron chi connectivity index (χ2n) is 5.09. The zero-order chi connectivity index (χ0) is 17.3. The Hall–Kier alpha value is -1.95. The summed E-state index contributed by atoms with van der Waals surface area (Å²) in [6, 6.07) is 0.422. The molecular formula is C16H26O5Si. The molecule has 22 heavy (non-hydrogen) atoms. The van der Waals surface area contributed by atoms with Gasteiger partial charge in [0.05, 0.1) is 29.4 Å². The highest BCUT2D eigenvalue weighted by Crippen LogP contribution is 2.26. The van der Waals surface area contributed by atoms with Gasteiger partial charge in [-0.25, -0.2) is 4.79 Å². The number of hydrogen-bond acceptors (Lipinski definition) is 5. The van der Waals surface area contributed by atoms with Crippen LogP contribution in [0.4, 0.5) is 0 Å². The Bertz CT molecular complexity index is 415. The van der Waals surface area contributed by atoms with Gasteiger partial charge in [0.2, 0.25) is 0 Å². The molecule has 0 aromatic heterocycles. The number of hydrogen-bond donors (Lipinski definition) is 0. The van der Waals surface area contributed by atoms with Gasteiger partial charge in [-0.3, -0.25) is 0 Å². The summed E-state index contributed by atoms with van der Waals surface area (Å²) in [5.74, 6) is 0.960. The van der Waals surface area contributed by atoms with Crippen molar-refractivity contribution in [3.05, 3.63) is 49.7 Å². The fourth-order valence-electron chi connectivity index (χ4n) is 1.70. The molecule has 0 fully saturated rings. The zero-order valence-electron chi connectivity index (χ0n) is 13.9. The van der Waals surface area contributed by atoms with Crippen molar-refractivity contribution in [2.24, 2.45) is 0 Å². The number of esters is 1. The van der Waals surface area contributed by atoms with Gasteiger partial charge < -0.3 is 18.0 Å². The number of carbonyl (C=O) groups excluding carboxylic acids is 1. The van der Waals surface area contributed by atoms with Gasteiger partial charge in [-0.15, -0.1) is 0 Å². The lowest BCUT2D eigenvalue weighted by molar-refractivity contribution is -0.142. The molecule has 1 atom stereocenters. The molecule has 0 heterocycles. The molecule has 0 aliphatic carbocycles. The van der Waals surface area contributed by atoms with E-state index >= 15 is 0 Å². The largest absolute Gasteiger partial charge is 0.698 e. The predicted molar refractivity (Wildman–Crippen MR) is 88.6 cm³/mol. The van der Waals surface area contributed by atoms with E-state index in [0.717, 1.165) is 6.08 Å². The van der Waals surface area contributed by atoms with Gasteiger partial charge in [-0.2, -0.15) is 0 Å². The van der Waals surface area contributed by atoms with Crippen LogP contribution >= 0.6 is 0 Å². The van der Waals surface area contributed by atoms with E-state index in [1.165, 1.54) is 0 Å². The van der Waals surface area contributed by atoms with Gasteiger partial charge in [0.25, 0.3) is 0 Å². The Morgan fingerprint density at radius 1 is 1.05 bits per heavy atom. The average Bonchev–Trinajstić information content (AvgIpc) is 2.33. The first-order chi connectivity index (χ1) is 10.1. The van der Waals surface area contributed by atoms with Crippen molar-refractivity contribution in [1.29, 1.82) is 0 Å². The van der Waals surface area contributed by atoms with E-state index in [4.69, 9.17) is 18.0 Å². The monoisotopic (exact) mass is 326 g/mol. The molecular weight excluding hydrogens is 300 g/mol. The summed E-state index contributed by atoms with van der Waals surface area (Å²) < 4.78 is 22.4. The third kappa shape index (κ3) is 8.36. The molecule has 0 aliphatic rings. The second-order valence-corrected chi connectivity index (χ2v) is 7.56. The Morgan fingerprint density at radius 2 is 1.45 bits per heavy atom. The molecule has 0 aliphatic heterocycles. The standard InChI is InChI=1S/C16H26O5Si/c1-9-16(17)18-15(8)10-11-22(19-12(2)3,20-13(4)5)21-14(6)7/h9,15H,1-2,4,6,10-11H2,3,5,7-8H3.